The molecule has 3 N–H and O–H groups in total. The first-order valence-corrected chi connectivity index (χ1v) is 12.5. The average molecular weight is 480 g/mol. The fourth-order valence-corrected chi connectivity index (χ4v) is 4.17. The zero-order chi connectivity index (χ0) is 24.7. The molecule has 0 spiro atoms. The molecule has 0 saturated carbocycles. The van der Waals surface area contributed by atoms with Gasteiger partial charge >= 0.3 is 0 Å². The van der Waals surface area contributed by atoms with Crippen molar-refractivity contribution in [3.05, 3.63) is 89.5 Å². The summed E-state index contributed by atoms with van der Waals surface area (Å²) in [5.74, 6) is -0.456. The molecule has 2 amide bonds. The number of sulfonamides is 1. The molecule has 8 heteroatoms. The predicted octanol–water partition coefficient (Wildman–Crippen LogP) is 4.71. The van der Waals surface area contributed by atoms with Crippen molar-refractivity contribution in [1.29, 1.82) is 0 Å². The van der Waals surface area contributed by atoms with Crippen LogP contribution in [0.25, 0.3) is 0 Å². The maximum atomic E-state index is 12.6. The first-order chi connectivity index (χ1) is 16.2. The Bertz CT molecular complexity index is 1250. The lowest BCUT2D eigenvalue weighted by Gasteiger charge is -2.12. The van der Waals surface area contributed by atoms with Gasteiger partial charge in [-0.1, -0.05) is 43.7 Å². The molecular formula is C26H29N3O4S. The number of anilines is 2. The SMILES string of the molecule is CCC(C)C(=O)Nc1cccc(CNC(=O)c2ccc(S(=O)(=O)Nc3ccc(C)cc3)cc2)c1. The molecule has 7 nitrogen and oxygen atoms in total. The number of aryl methyl sites for hydroxylation is 1. The molecule has 0 saturated heterocycles. The number of hydrogen-bond donors (Lipinski definition) is 3. The fraction of sp³-hybridized carbons (Fsp3) is 0.231. The number of nitrogens with one attached hydrogen (secondary N) is 3. The summed E-state index contributed by atoms with van der Waals surface area (Å²) in [4.78, 5) is 24.7. The fourth-order valence-electron chi connectivity index (χ4n) is 3.12. The lowest BCUT2D eigenvalue weighted by atomic mass is 10.1. The highest BCUT2D eigenvalue weighted by Crippen LogP contribution is 2.18. The Kier molecular flexibility index (Phi) is 8.07. The van der Waals surface area contributed by atoms with Gasteiger partial charge in [-0.2, -0.15) is 0 Å². The van der Waals surface area contributed by atoms with Crippen molar-refractivity contribution in [2.45, 2.75) is 38.6 Å². The molecule has 0 aliphatic carbocycles. The minimum Gasteiger partial charge on any atom is -0.348 e. The van der Waals surface area contributed by atoms with E-state index in [1.807, 2.05) is 51.1 Å². The lowest BCUT2D eigenvalue weighted by Crippen LogP contribution is -2.23. The van der Waals surface area contributed by atoms with Crippen molar-refractivity contribution >= 4 is 33.2 Å². The van der Waals surface area contributed by atoms with Gasteiger partial charge < -0.3 is 10.6 Å². The van der Waals surface area contributed by atoms with Crippen molar-refractivity contribution in [3.8, 4) is 0 Å². The number of benzene rings is 3. The summed E-state index contributed by atoms with van der Waals surface area (Å²) in [7, 11) is -3.76. The van der Waals surface area contributed by atoms with Gasteiger partial charge in [-0.15, -0.1) is 0 Å². The van der Waals surface area contributed by atoms with Gasteiger partial charge in [0, 0.05) is 29.4 Å². The van der Waals surface area contributed by atoms with Crippen molar-refractivity contribution in [1.82, 2.24) is 5.32 Å². The first kappa shape index (κ1) is 25.0. The van der Waals surface area contributed by atoms with E-state index in [0.29, 0.717) is 16.9 Å². The summed E-state index contributed by atoms with van der Waals surface area (Å²) in [6, 6.07) is 20.1. The van der Waals surface area contributed by atoms with Gasteiger partial charge in [0.05, 0.1) is 4.90 Å². The Morgan fingerprint density at radius 3 is 2.24 bits per heavy atom. The van der Waals surface area contributed by atoms with Crippen LogP contribution < -0.4 is 15.4 Å². The quantitative estimate of drug-likeness (QED) is 0.413. The van der Waals surface area contributed by atoms with Crippen LogP contribution in [0.15, 0.2) is 77.7 Å². The van der Waals surface area contributed by atoms with Crippen LogP contribution in [-0.4, -0.2) is 20.2 Å². The van der Waals surface area contributed by atoms with Crippen LogP contribution in [0.3, 0.4) is 0 Å². The Labute approximate surface area is 200 Å². The summed E-state index contributed by atoms with van der Waals surface area (Å²) >= 11 is 0. The third-order valence-electron chi connectivity index (χ3n) is 5.44. The second-order valence-electron chi connectivity index (χ2n) is 8.18. The smallest absolute Gasteiger partial charge is 0.261 e. The van der Waals surface area contributed by atoms with E-state index in [1.54, 1.807) is 18.2 Å². The van der Waals surface area contributed by atoms with Gasteiger partial charge in [-0.3, -0.25) is 14.3 Å². The summed E-state index contributed by atoms with van der Waals surface area (Å²) in [5, 5.41) is 5.69. The van der Waals surface area contributed by atoms with Crippen LogP contribution in [0, 0.1) is 12.8 Å². The molecule has 34 heavy (non-hydrogen) atoms. The zero-order valence-corrected chi connectivity index (χ0v) is 20.3. The number of carbonyl (C=O) groups excluding carboxylic acids is 2. The highest BCUT2D eigenvalue weighted by atomic mass is 32.2. The monoisotopic (exact) mass is 479 g/mol. The lowest BCUT2D eigenvalue weighted by molar-refractivity contribution is -0.119. The predicted molar refractivity (Wildman–Crippen MR) is 134 cm³/mol. The maximum Gasteiger partial charge on any atom is 0.261 e. The van der Waals surface area contributed by atoms with Gasteiger partial charge in [0.1, 0.15) is 0 Å². The summed E-state index contributed by atoms with van der Waals surface area (Å²) in [5.41, 5.74) is 3.34. The molecule has 178 valence electrons. The summed E-state index contributed by atoms with van der Waals surface area (Å²) < 4.78 is 27.7. The molecule has 0 heterocycles. The number of rotatable bonds is 9. The normalized spacial score (nSPS) is 12.0. The highest BCUT2D eigenvalue weighted by molar-refractivity contribution is 7.92. The van der Waals surface area contributed by atoms with Crippen LogP contribution in [0.4, 0.5) is 11.4 Å². The van der Waals surface area contributed by atoms with Crippen LogP contribution in [0.5, 0.6) is 0 Å². The molecular weight excluding hydrogens is 450 g/mol. The Morgan fingerprint density at radius 1 is 0.912 bits per heavy atom. The van der Waals surface area contributed by atoms with Gasteiger partial charge in [-0.25, -0.2) is 8.42 Å². The van der Waals surface area contributed by atoms with E-state index in [9.17, 15) is 18.0 Å². The van der Waals surface area contributed by atoms with Crippen LogP contribution >= 0.6 is 0 Å². The highest BCUT2D eigenvalue weighted by Gasteiger charge is 2.15. The van der Waals surface area contributed by atoms with Crippen molar-refractivity contribution < 1.29 is 18.0 Å². The van der Waals surface area contributed by atoms with E-state index < -0.39 is 10.0 Å². The second kappa shape index (κ2) is 11.0. The van der Waals surface area contributed by atoms with E-state index in [-0.39, 0.29) is 29.2 Å². The zero-order valence-electron chi connectivity index (χ0n) is 19.5. The molecule has 0 bridgehead atoms. The number of hydrogen-bond acceptors (Lipinski definition) is 4. The molecule has 3 aromatic carbocycles. The first-order valence-electron chi connectivity index (χ1n) is 11.1. The van der Waals surface area contributed by atoms with E-state index in [4.69, 9.17) is 0 Å². The maximum absolute atomic E-state index is 12.6. The molecule has 0 aliphatic rings. The minimum absolute atomic E-state index is 0.0457. The van der Waals surface area contributed by atoms with Crippen molar-refractivity contribution in [2.75, 3.05) is 10.0 Å². The standard InChI is InChI=1S/C26H29N3O4S/c1-4-19(3)25(30)28-23-7-5-6-20(16-23)17-27-26(31)21-10-14-24(15-11-21)34(32,33)29-22-12-8-18(2)9-13-22/h5-16,19,29H,4,17H2,1-3H3,(H,27,31)(H,28,30). The third-order valence-corrected chi connectivity index (χ3v) is 6.84. The van der Waals surface area contributed by atoms with E-state index in [2.05, 4.69) is 15.4 Å². The molecule has 1 unspecified atom stereocenters. The largest absolute Gasteiger partial charge is 0.348 e. The molecule has 0 aliphatic heterocycles. The van der Waals surface area contributed by atoms with Crippen LogP contribution in [-0.2, 0) is 21.4 Å². The number of carbonyl (C=O) groups is 2. The van der Waals surface area contributed by atoms with E-state index in [0.717, 1.165) is 17.5 Å². The van der Waals surface area contributed by atoms with Gasteiger partial charge in [0.2, 0.25) is 5.91 Å². The molecule has 0 aromatic heterocycles. The topological polar surface area (TPSA) is 104 Å². The van der Waals surface area contributed by atoms with Gasteiger partial charge in [0.25, 0.3) is 15.9 Å². The second-order valence-corrected chi connectivity index (χ2v) is 9.86. The Morgan fingerprint density at radius 2 is 1.59 bits per heavy atom. The molecule has 0 radical (unpaired) electrons. The van der Waals surface area contributed by atoms with Crippen LogP contribution in [0.1, 0.15) is 41.8 Å². The minimum atomic E-state index is -3.76. The van der Waals surface area contributed by atoms with Crippen LogP contribution in [0.2, 0.25) is 0 Å². The van der Waals surface area contributed by atoms with Crippen molar-refractivity contribution in [3.63, 3.8) is 0 Å². The number of amides is 2. The molecule has 0 fully saturated rings. The van der Waals surface area contributed by atoms with E-state index >= 15 is 0 Å². The molecule has 3 aromatic rings. The third kappa shape index (κ3) is 6.68. The Balaban J connectivity index is 1.60. The summed E-state index contributed by atoms with van der Waals surface area (Å²) in [6.45, 7) is 6.01. The summed E-state index contributed by atoms with van der Waals surface area (Å²) in [6.07, 6.45) is 0.754. The Hall–Kier alpha value is -3.65. The average Bonchev–Trinajstić information content (AvgIpc) is 2.83. The van der Waals surface area contributed by atoms with E-state index in [1.165, 1.54) is 24.3 Å². The molecule has 1 atom stereocenters. The van der Waals surface area contributed by atoms with Crippen molar-refractivity contribution in [2.24, 2.45) is 5.92 Å². The molecule has 3 rings (SSSR count). The van der Waals surface area contributed by atoms with Gasteiger partial charge in [0.15, 0.2) is 0 Å². The van der Waals surface area contributed by atoms with Gasteiger partial charge in [-0.05, 0) is 67.4 Å².